The molecule has 1 aliphatic rings. The molecule has 144 valence electrons. The molecule has 2 aromatic heterocycles. The molecule has 3 heterocycles. The molecule has 1 unspecified atom stereocenters. The second-order valence-corrected chi connectivity index (χ2v) is 7.66. The van der Waals surface area contributed by atoms with E-state index in [0.717, 1.165) is 6.42 Å². The number of aliphatic hydroxyl groups excluding tert-OH is 1. The lowest BCUT2D eigenvalue weighted by Gasteiger charge is -2.32. The van der Waals surface area contributed by atoms with Gasteiger partial charge >= 0.3 is 0 Å². The van der Waals surface area contributed by atoms with Crippen molar-refractivity contribution in [3.05, 3.63) is 12.7 Å². The molecule has 8 nitrogen and oxygen atoms in total. The Hall–Kier alpha value is -1.77. The summed E-state index contributed by atoms with van der Waals surface area (Å²) in [4.78, 5) is 15.3. The number of likely N-dealkylation sites (N-methyl/N-ethyl adjacent to an activating group) is 1. The number of anilines is 1. The second kappa shape index (κ2) is 7.85. The first kappa shape index (κ1) is 19.0. The molecule has 1 fully saturated rings. The molecule has 0 aliphatic carbocycles. The van der Waals surface area contributed by atoms with Crippen LogP contribution in [0.25, 0.3) is 11.2 Å². The Bertz CT molecular complexity index is 727. The number of hydrogen-bond donors (Lipinski definition) is 2. The normalized spacial score (nSPS) is 18.4. The van der Waals surface area contributed by atoms with Crippen LogP contribution in [-0.4, -0.2) is 68.2 Å². The third-order valence-corrected chi connectivity index (χ3v) is 5.11. The van der Waals surface area contributed by atoms with Crippen molar-refractivity contribution in [2.75, 3.05) is 31.8 Å². The lowest BCUT2D eigenvalue weighted by atomic mass is 9.94. The Morgan fingerprint density at radius 1 is 1.27 bits per heavy atom. The summed E-state index contributed by atoms with van der Waals surface area (Å²) in [6.07, 6.45) is 5.29. The van der Waals surface area contributed by atoms with Gasteiger partial charge in [0.1, 0.15) is 6.33 Å². The highest BCUT2D eigenvalue weighted by Gasteiger charge is 2.31. The van der Waals surface area contributed by atoms with Gasteiger partial charge in [0, 0.05) is 33.1 Å². The summed E-state index contributed by atoms with van der Waals surface area (Å²) in [5, 5.41) is 20.6. The first-order valence-corrected chi connectivity index (χ1v) is 9.23. The van der Waals surface area contributed by atoms with E-state index in [0.29, 0.717) is 55.5 Å². The second-order valence-electron chi connectivity index (χ2n) is 7.66. The van der Waals surface area contributed by atoms with Crippen molar-refractivity contribution < 1.29 is 14.9 Å². The number of nitrogens with zero attached hydrogens (tertiary/aromatic N) is 5. The maximum absolute atomic E-state index is 10.8. The highest BCUT2D eigenvalue weighted by molar-refractivity contribution is 5.83. The lowest BCUT2D eigenvalue weighted by molar-refractivity contribution is -0.0723. The van der Waals surface area contributed by atoms with Crippen LogP contribution in [0.15, 0.2) is 12.7 Å². The SMILES string of the molecule is CC(C)CC(CO)N(C)c1ncnc2c1ncn2CC1(O)CCOCC1. The third-order valence-electron chi connectivity index (χ3n) is 5.11. The van der Waals surface area contributed by atoms with Gasteiger partial charge in [0.2, 0.25) is 0 Å². The molecule has 0 aromatic carbocycles. The van der Waals surface area contributed by atoms with E-state index in [1.165, 1.54) is 6.33 Å². The van der Waals surface area contributed by atoms with Crippen LogP contribution >= 0.6 is 0 Å². The van der Waals surface area contributed by atoms with Crippen LogP contribution in [0.4, 0.5) is 5.82 Å². The van der Waals surface area contributed by atoms with Crippen LogP contribution in [0.3, 0.4) is 0 Å². The van der Waals surface area contributed by atoms with Crippen LogP contribution in [0.5, 0.6) is 0 Å². The first-order valence-electron chi connectivity index (χ1n) is 9.23. The Balaban J connectivity index is 1.88. The van der Waals surface area contributed by atoms with E-state index < -0.39 is 5.60 Å². The molecule has 1 saturated heterocycles. The Morgan fingerprint density at radius 2 is 2.00 bits per heavy atom. The van der Waals surface area contributed by atoms with Gasteiger partial charge in [-0.3, -0.25) is 0 Å². The van der Waals surface area contributed by atoms with Crippen LogP contribution in [-0.2, 0) is 11.3 Å². The van der Waals surface area contributed by atoms with Gasteiger partial charge in [-0.15, -0.1) is 0 Å². The van der Waals surface area contributed by atoms with Gasteiger partial charge in [-0.2, -0.15) is 0 Å². The molecule has 0 saturated carbocycles. The average Bonchev–Trinajstić information content (AvgIpc) is 3.02. The molecule has 26 heavy (non-hydrogen) atoms. The standard InChI is InChI=1S/C18H29N5O3/c1-13(2)8-14(9-24)22(3)16-15-17(20-11-19-16)23(12-21-15)10-18(25)4-6-26-7-5-18/h11-14,24-25H,4-10H2,1-3H3. The number of aromatic nitrogens is 4. The number of hydrogen-bond acceptors (Lipinski definition) is 7. The lowest BCUT2D eigenvalue weighted by Crippen LogP contribution is -2.40. The predicted octanol–water partition coefficient (Wildman–Crippen LogP) is 1.21. The van der Waals surface area contributed by atoms with Crippen molar-refractivity contribution >= 4 is 17.0 Å². The minimum absolute atomic E-state index is 0.0297. The highest BCUT2D eigenvalue weighted by Crippen LogP contribution is 2.27. The van der Waals surface area contributed by atoms with E-state index in [1.54, 1.807) is 6.33 Å². The van der Waals surface area contributed by atoms with Gasteiger partial charge in [0.15, 0.2) is 17.0 Å². The topological polar surface area (TPSA) is 96.5 Å². The summed E-state index contributed by atoms with van der Waals surface area (Å²) in [6.45, 7) is 5.90. The Morgan fingerprint density at radius 3 is 2.65 bits per heavy atom. The summed E-state index contributed by atoms with van der Waals surface area (Å²) in [5.41, 5.74) is 0.588. The molecule has 2 aromatic rings. The van der Waals surface area contributed by atoms with Crippen molar-refractivity contribution in [3.8, 4) is 0 Å². The van der Waals surface area contributed by atoms with Crippen molar-refractivity contribution in [1.29, 1.82) is 0 Å². The minimum atomic E-state index is -0.797. The maximum Gasteiger partial charge on any atom is 0.165 e. The quantitative estimate of drug-likeness (QED) is 0.763. The molecule has 0 amide bonds. The smallest absolute Gasteiger partial charge is 0.165 e. The van der Waals surface area contributed by atoms with E-state index in [2.05, 4.69) is 28.8 Å². The minimum Gasteiger partial charge on any atom is -0.394 e. The van der Waals surface area contributed by atoms with E-state index in [-0.39, 0.29) is 12.6 Å². The average molecular weight is 363 g/mol. The molecule has 0 bridgehead atoms. The summed E-state index contributed by atoms with van der Waals surface area (Å²) in [7, 11) is 1.93. The van der Waals surface area contributed by atoms with E-state index in [1.807, 2.05) is 16.5 Å². The number of fused-ring (bicyclic) bond motifs is 1. The number of imidazole rings is 1. The monoisotopic (exact) mass is 363 g/mol. The summed E-state index contributed by atoms with van der Waals surface area (Å²) in [5.74, 6) is 1.17. The van der Waals surface area contributed by atoms with Crippen molar-refractivity contribution in [1.82, 2.24) is 19.5 Å². The van der Waals surface area contributed by atoms with Gasteiger partial charge in [-0.1, -0.05) is 13.8 Å². The molecule has 0 spiro atoms. The molecule has 0 radical (unpaired) electrons. The van der Waals surface area contributed by atoms with Crippen molar-refractivity contribution in [2.24, 2.45) is 5.92 Å². The van der Waals surface area contributed by atoms with Crippen LogP contribution in [0, 0.1) is 5.92 Å². The van der Waals surface area contributed by atoms with Crippen LogP contribution in [0.1, 0.15) is 33.1 Å². The van der Waals surface area contributed by atoms with Crippen molar-refractivity contribution in [3.63, 3.8) is 0 Å². The molecular formula is C18H29N5O3. The Kier molecular flexibility index (Phi) is 5.74. The van der Waals surface area contributed by atoms with Crippen LogP contribution in [0.2, 0.25) is 0 Å². The largest absolute Gasteiger partial charge is 0.394 e. The first-order chi connectivity index (χ1) is 12.4. The van der Waals surface area contributed by atoms with Crippen LogP contribution < -0.4 is 4.90 Å². The highest BCUT2D eigenvalue weighted by atomic mass is 16.5. The Labute approximate surface area is 153 Å². The van der Waals surface area contributed by atoms with Gasteiger partial charge < -0.3 is 24.4 Å². The molecule has 1 aliphatic heterocycles. The summed E-state index contributed by atoms with van der Waals surface area (Å²) < 4.78 is 7.24. The van der Waals surface area contributed by atoms with Gasteiger partial charge in [-0.25, -0.2) is 15.0 Å². The van der Waals surface area contributed by atoms with E-state index in [9.17, 15) is 10.2 Å². The molecule has 3 rings (SSSR count). The van der Waals surface area contributed by atoms with Gasteiger partial charge in [0.25, 0.3) is 0 Å². The van der Waals surface area contributed by atoms with E-state index in [4.69, 9.17) is 4.74 Å². The summed E-state index contributed by atoms with van der Waals surface area (Å²) >= 11 is 0. The molecular weight excluding hydrogens is 334 g/mol. The zero-order chi connectivity index (χ0) is 18.7. The zero-order valence-corrected chi connectivity index (χ0v) is 15.8. The van der Waals surface area contributed by atoms with Crippen molar-refractivity contribution in [2.45, 2.75) is 51.3 Å². The fourth-order valence-electron chi connectivity index (χ4n) is 3.54. The fourth-order valence-corrected chi connectivity index (χ4v) is 3.54. The zero-order valence-electron chi connectivity index (χ0n) is 15.8. The van der Waals surface area contributed by atoms with E-state index >= 15 is 0 Å². The maximum atomic E-state index is 10.8. The predicted molar refractivity (Wildman–Crippen MR) is 99.1 cm³/mol. The molecule has 2 N–H and O–H groups in total. The molecule has 8 heteroatoms. The summed E-state index contributed by atoms with van der Waals surface area (Å²) in [6, 6.07) is -0.0297. The number of aliphatic hydroxyl groups is 2. The molecule has 1 atom stereocenters. The number of rotatable bonds is 7. The third kappa shape index (κ3) is 3.97. The fraction of sp³-hybridized carbons (Fsp3) is 0.722. The number of ether oxygens (including phenoxy) is 1. The van der Waals surface area contributed by atoms with Gasteiger partial charge in [0.05, 0.1) is 31.1 Å². The van der Waals surface area contributed by atoms with Gasteiger partial charge in [-0.05, 0) is 12.3 Å².